The van der Waals surface area contributed by atoms with E-state index in [-0.39, 0.29) is 5.91 Å². The largest absolute Gasteiger partial charge is 0.352 e. The first-order valence-corrected chi connectivity index (χ1v) is 6.70. The zero-order valence-electron chi connectivity index (χ0n) is 10.3. The van der Waals surface area contributed by atoms with Gasteiger partial charge in [-0.25, -0.2) is 0 Å². The molecule has 2 atom stereocenters. The smallest absolute Gasteiger partial charge is 0.240 e. The van der Waals surface area contributed by atoms with Gasteiger partial charge in [-0.2, -0.15) is 0 Å². The number of nitrogens with two attached hydrogens (primary N) is 1. The predicted octanol–water partition coefficient (Wildman–Crippen LogP) is 1.95. The number of hydrogen-bond donors (Lipinski definition) is 2. The minimum Gasteiger partial charge on any atom is -0.352 e. The molecule has 0 aromatic heterocycles. The molecule has 0 aromatic carbocycles. The van der Waals surface area contributed by atoms with Gasteiger partial charge in [-0.3, -0.25) is 4.79 Å². The fourth-order valence-corrected chi connectivity index (χ4v) is 3.08. The summed E-state index contributed by atoms with van der Waals surface area (Å²) in [6.07, 6.45) is 8.65. The molecule has 0 aliphatic heterocycles. The van der Waals surface area contributed by atoms with Crippen molar-refractivity contribution in [2.45, 2.75) is 69.9 Å². The first-order chi connectivity index (χ1) is 7.60. The van der Waals surface area contributed by atoms with Crippen molar-refractivity contribution in [1.29, 1.82) is 0 Å². The van der Waals surface area contributed by atoms with Gasteiger partial charge in [0.15, 0.2) is 0 Å². The molecule has 2 unspecified atom stereocenters. The van der Waals surface area contributed by atoms with Gasteiger partial charge in [0.1, 0.15) is 0 Å². The van der Waals surface area contributed by atoms with E-state index in [9.17, 15) is 4.79 Å². The molecule has 0 spiro atoms. The SMILES string of the molecule is CC1CCC(NC(=O)C2(N)CCCCC2)C1. The van der Waals surface area contributed by atoms with E-state index in [2.05, 4.69) is 12.2 Å². The van der Waals surface area contributed by atoms with Gasteiger partial charge in [0, 0.05) is 6.04 Å². The number of carbonyl (C=O) groups excluding carboxylic acids is 1. The van der Waals surface area contributed by atoms with E-state index in [0.29, 0.717) is 6.04 Å². The maximum Gasteiger partial charge on any atom is 0.240 e. The fraction of sp³-hybridized carbons (Fsp3) is 0.923. The van der Waals surface area contributed by atoms with Crippen molar-refractivity contribution in [3.63, 3.8) is 0 Å². The summed E-state index contributed by atoms with van der Waals surface area (Å²) < 4.78 is 0. The Balaban J connectivity index is 1.86. The monoisotopic (exact) mass is 224 g/mol. The summed E-state index contributed by atoms with van der Waals surface area (Å²) in [4.78, 5) is 12.1. The second kappa shape index (κ2) is 4.74. The molecule has 0 radical (unpaired) electrons. The molecule has 92 valence electrons. The van der Waals surface area contributed by atoms with Crippen molar-refractivity contribution in [2.75, 3.05) is 0 Å². The highest BCUT2D eigenvalue weighted by Crippen LogP contribution is 2.28. The molecule has 3 nitrogen and oxygen atoms in total. The van der Waals surface area contributed by atoms with Crippen LogP contribution >= 0.6 is 0 Å². The van der Waals surface area contributed by atoms with Crippen molar-refractivity contribution in [3.8, 4) is 0 Å². The molecule has 2 fully saturated rings. The van der Waals surface area contributed by atoms with Crippen LogP contribution < -0.4 is 11.1 Å². The van der Waals surface area contributed by atoms with Gasteiger partial charge < -0.3 is 11.1 Å². The summed E-state index contributed by atoms with van der Waals surface area (Å²) in [6.45, 7) is 2.25. The zero-order chi connectivity index (χ0) is 11.6. The van der Waals surface area contributed by atoms with Gasteiger partial charge in [-0.15, -0.1) is 0 Å². The maximum absolute atomic E-state index is 12.1. The molecule has 16 heavy (non-hydrogen) atoms. The Morgan fingerprint density at radius 3 is 2.50 bits per heavy atom. The van der Waals surface area contributed by atoms with Crippen molar-refractivity contribution in [1.82, 2.24) is 5.32 Å². The van der Waals surface area contributed by atoms with Gasteiger partial charge in [0.05, 0.1) is 5.54 Å². The number of hydrogen-bond acceptors (Lipinski definition) is 2. The lowest BCUT2D eigenvalue weighted by Gasteiger charge is -2.33. The average molecular weight is 224 g/mol. The molecule has 3 N–H and O–H groups in total. The third-order valence-corrected chi connectivity index (χ3v) is 4.23. The lowest BCUT2D eigenvalue weighted by molar-refractivity contribution is -0.128. The van der Waals surface area contributed by atoms with E-state index in [1.54, 1.807) is 0 Å². The number of rotatable bonds is 2. The minimum atomic E-state index is -0.565. The van der Waals surface area contributed by atoms with Gasteiger partial charge in [-0.05, 0) is 38.0 Å². The Bertz CT molecular complexity index is 259. The normalized spacial score (nSPS) is 33.6. The van der Waals surface area contributed by atoms with Gasteiger partial charge in [0.2, 0.25) is 5.91 Å². The third-order valence-electron chi connectivity index (χ3n) is 4.23. The molecule has 3 heteroatoms. The van der Waals surface area contributed by atoms with Crippen LogP contribution in [0.5, 0.6) is 0 Å². The van der Waals surface area contributed by atoms with E-state index >= 15 is 0 Å². The predicted molar refractivity (Wildman–Crippen MR) is 64.9 cm³/mol. The van der Waals surface area contributed by atoms with E-state index in [1.807, 2.05) is 0 Å². The summed E-state index contributed by atoms with van der Waals surface area (Å²) in [5, 5.41) is 3.16. The second-order valence-electron chi connectivity index (χ2n) is 5.81. The van der Waals surface area contributed by atoms with Crippen molar-refractivity contribution in [3.05, 3.63) is 0 Å². The molecule has 0 heterocycles. The molecular formula is C13H24N2O. The summed E-state index contributed by atoms with van der Waals surface area (Å²) in [6, 6.07) is 0.379. The van der Waals surface area contributed by atoms with Crippen LogP contribution in [0.15, 0.2) is 0 Å². The van der Waals surface area contributed by atoms with Crippen molar-refractivity contribution >= 4 is 5.91 Å². The molecule has 0 aromatic rings. The molecule has 2 saturated carbocycles. The number of nitrogens with one attached hydrogen (secondary N) is 1. The fourth-order valence-electron chi connectivity index (χ4n) is 3.08. The van der Waals surface area contributed by atoms with Crippen LogP contribution in [0, 0.1) is 5.92 Å². The molecule has 2 rings (SSSR count). The van der Waals surface area contributed by atoms with E-state index < -0.39 is 5.54 Å². The molecule has 2 aliphatic rings. The Morgan fingerprint density at radius 1 is 1.25 bits per heavy atom. The topological polar surface area (TPSA) is 55.1 Å². The van der Waals surface area contributed by atoms with Crippen molar-refractivity contribution < 1.29 is 4.79 Å². The molecule has 0 saturated heterocycles. The van der Waals surface area contributed by atoms with Crippen LogP contribution in [-0.2, 0) is 4.79 Å². The Labute approximate surface area is 98.2 Å². The number of carbonyl (C=O) groups is 1. The average Bonchev–Trinajstić information content (AvgIpc) is 2.65. The van der Waals surface area contributed by atoms with Crippen molar-refractivity contribution in [2.24, 2.45) is 11.7 Å². The minimum absolute atomic E-state index is 0.103. The van der Waals surface area contributed by atoms with Crippen LogP contribution in [0.1, 0.15) is 58.3 Å². The molecule has 1 amide bonds. The Morgan fingerprint density at radius 2 is 1.94 bits per heavy atom. The van der Waals surface area contributed by atoms with E-state index in [1.165, 1.54) is 12.8 Å². The quantitative estimate of drug-likeness (QED) is 0.753. The summed E-state index contributed by atoms with van der Waals surface area (Å²) in [7, 11) is 0. The standard InChI is InChI=1S/C13H24N2O/c1-10-5-6-11(9-10)15-12(16)13(14)7-3-2-4-8-13/h10-11H,2-9,14H2,1H3,(H,15,16). The lowest BCUT2D eigenvalue weighted by atomic mass is 9.81. The van der Waals surface area contributed by atoms with Crippen LogP contribution in [0.2, 0.25) is 0 Å². The van der Waals surface area contributed by atoms with Gasteiger partial charge in [0.25, 0.3) is 0 Å². The highest BCUT2D eigenvalue weighted by molar-refractivity contribution is 5.86. The highest BCUT2D eigenvalue weighted by atomic mass is 16.2. The van der Waals surface area contributed by atoms with Crippen LogP contribution in [0.25, 0.3) is 0 Å². The first-order valence-electron chi connectivity index (χ1n) is 6.70. The van der Waals surface area contributed by atoms with Crippen LogP contribution in [0.3, 0.4) is 0 Å². The van der Waals surface area contributed by atoms with E-state index in [0.717, 1.165) is 44.4 Å². The summed E-state index contributed by atoms with van der Waals surface area (Å²) in [5.41, 5.74) is 5.64. The summed E-state index contributed by atoms with van der Waals surface area (Å²) in [5.74, 6) is 0.858. The van der Waals surface area contributed by atoms with E-state index in [4.69, 9.17) is 5.73 Å². The Kier molecular flexibility index (Phi) is 3.53. The summed E-state index contributed by atoms with van der Waals surface area (Å²) >= 11 is 0. The number of amides is 1. The molecule has 0 bridgehead atoms. The highest BCUT2D eigenvalue weighted by Gasteiger charge is 2.36. The third kappa shape index (κ3) is 2.57. The van der Waals surface area contributed by atoms with Gasteiger partial charge in [-0.1, -0.05) is 26.2 Å². The second-order valence-corrected chi connectivity index (χ2v) is 5.81. The lowest BCUT2D eigenvalue weighted by Crippen LogP contribution is -2.56. The first kappa shape index (κ1) is 11.9. The molecule has 2 aliphatic carbocycles. The Hall–Kier alpha value is -0.570. The molecular weight excluding hydrogens is 200 g/mol. The van der Waals surface area contributed by atoms with Gasteiger partial charge >= 0.3 is 0 Å². The maximum atomic E-state index is 12.1. The van der Waals surface area contributed by atoms with Crippen LogP contribution in [-0.4, -0.2) is 17.5 Å². The van der Waals surface area contributed by atoms with Crippen LogP contribution in [0.4, 0.5) is 0 Å². The zero-order valence-corrected chi connectivity index (χ0v) is 10.3.